The Kier molecular flexibility index (Phi) is 3.98. The van der Waals surface area contributed by atoms with Crippen LogP contribution in [0.4, 0.5) is 0 Å². The zero-order chi connectivity index (χ0) is 12.4. The molecule has 1 heteroatoms. The van der Waals surface area contributed by atoms with E-state index in [1.165, 1.54) is 77.0 Å². The highest BCUT2D eigenvalue weighted by molar-refractivity contribution is 5.02. The molecule has 0 bridgehead atoms. The van der Waals surface area contributed by atoms with Gasteiger partial charge in [0.1, 0.15) is 0 Å². The van der Waals surface area contributed by atoms with Crippen molar-refractivity contribution >= 4 is 0 Å². The van der Waals surface area contributed by atoms with Gasteiger partial charge in [-0.1, -0.05) is 38.5 Å². The minimum Gasteiger partial charge on any atom is -0.311 e. The Labute approximate surface area is 113 Å². The Morgan fingerprint density at radius 3 is 2.11 bits per heavy atom. The highest BCUT2D eigenvalue weighted by Crippen LogP contribution is 2.52. The molecule has 3 rings (SSSR count). The van der Waals surface area contributed by atoms with Gasteiger partial charge in [0.25, 0.3) is 0 Å². The summed E-state index contributed by atoms with van der Waals surface area (Å²) in [5.74, 6) is 0.972. The molecule has 3 fully saturated rings. The molecule has 3 aliphatic carbocycles. The lowest BCUT2D eigenvalue weighted by Gasteiger charge is -2.54. The highest BCUT2D eigenvalue weighted by Gasteiger charge is 2.47. The molecule has 0 saturated heterocycles. The van der Waals surface area contributed by atoms with Gasteiger partial charge < -0.3 is 5.32 Å². The average molecular weight is 249 g/mol. The fourth-order valence-corrected chi connectivity index (χ4v) is 4.90. The van der Waals surface area contributed by atoms with Gasteiger partial charge in [0.15, 0.2) is 0 Å². The molecule has 18 heavy (non-hydrogen) atoms. The van der Waals surface area contributed by atoms with Gasteiger partial charge in [-0.2, -0.15) is 0 Å². The van der Waals surface area contributed by atoms with Crippen LogP contribution in [0.25, 0.3) is 0 Å². The minimum atomic E-state index is 0.737. The SMILES string of the molecule is C[C@H](NC1CCC12CCCCC2)C1CCCCC1. The van der Waals surface area contributed by atoms with Gasteiger partial charge in [-0.25, -0.2) is 0 Å². The molecule has 3 aliphatic rings. The first kappa shape index (κ1) is 13.0. The first-order valence-corrected chi connectivity index (χ1v) is 8.56. The van der Waals surface area contributed by atoms with Crippen LogP contribution < -0.4 is 5.32 Å². The summed E-state index contributed by atoms with van der Waals surface area (Å²) in [5, 5.41) is 4.05. The maximum Gasteiger partial charge on any atom is 0.0126 e. The molecule has 2 atom stereocenters. The van der Waals surface area contributed by atoms with E-state index in [1.807, 2.05) is 0 Å². The lowest BCUT2D eigenvalue weighted by molar-refractivity contribution is 0.0117. The molecule has 0 amide bonds. The molecule has 0 heterocycles. The number of nitrogens with one attached hydrogen (secondary N) is 1. The van der Waals surface area contributed by atoms with E-state index >= 15 is 0 Å². The van der Waals surface area contributed by atoms with E-state index in [0.29, 0.717) is 0 Å². The Morgan fingerprint density at radius 2 is 1.50 bits per heavy atom. The smallest absolute Gasteiger partial charge is 0.0126 e. The van der Waals surface area contributed by atoms with Crippen molar-refractivity contribution in [2.45, 2.75) is 96.1 Å². The Morgan fingerprint density at radius 1 is 0.833 bits per heavy atom. The monoisotopic (exact) mass is 249 g/mol. The van der Waals surface area contributed by atoms with Crippen molar-refractivity contribution in [2.75, 3.05) is 0 Å². The fraction of sp³-hybridized carbons (Fsp3) is 1.00. The van der Waals surface area contributed by atoms with E-state index in [-0.39, 0.29) is 0 Å². The van der Waals surface area contributed by atoms with Crippen LogP contribution >= 0.6 is 0 Å². The quantitative estimate of drug-likeness (QED) is 0.767. The standard InChI is InChI=1S/C17H31N/c1-14(15-8-4-2-5-9-15)18-16-10-13-17(16)11-6-3-7-12-17/h14-16,18H,2-13H2,1H3/t14-,16?/m0/s1. The lowest BCUT2D eigenvalue weighted by atomic mass is 9.57. The van der Waals surface area contributed by atoms with Crippen LogP contribution in [0.15, 0.2) is 0 Å². The second-order valence-electron chi connectivity index (χ2n) is 7.37. The molecule has 1 spiro atoms. The van der Waals surface area contributed by atoms with E-state index in [0.717, 1.165) is 23.4 Å². The van der Waals surface area contributed by atoms with Gasteiger partial charge in [0.05, 0.1) is 0 Å². The largest absolute Gasteiger partial charge is 0.311 e. The van der Waals surface area contributed by atoms with E-state index in [1.54, 1.807) is 0 Å². The number of rotatable bonds is 3. The van der Waals surface area contributed by atoms with Crippen LogP contribution in [0.5, 0.6) is 0 Å². The lowest BCUT2D eigenvalue weighted by Crippen LogP contribution is -2.57. The fourth-order valence-electron chi connectivity index (χ4n) is 4.90. The molecule has 0 aromatic rings. The molecule has 0 aliphatic heterocycles. The predicted molar refractivity (Wildman–Crippen MR) is 77.7 cm³/mol. The van der Waals surface area contributed by atoms with Crippen LogP contribution in [-0.4, -0.2) is 12.1 Å². The number of hydrogen-bond donors (Lipinski definition) is 1. The summed E-state index contributed by atoms with van der Waals surface area (Å²) in [7, 11) is 0. The van der Waals surface area contributed by atoms with E-state index in [9.17, 15) is 0 Å². The van der Waals surface area contributed by atoms with Crippen molar-refractivity contribution < 1.29 is 0 Å². The molecular formula is C17H31N. The van der Waals surface area contributed by atoms with E-state index in [4.69, 9.17) is 0 Å². The molecular weight excluding hydrogens is 218 g/mol. The molecule has 0 radical (unpaired) electrons. The Hall–Kier alpha value is -0.0400. The van der Waals surface area contributed by atoms with Crippen LogP contribution in [0, 0.1) is 11.3 Å². The van der Waals surface area contributed by atoms with E-state index in [2.05, 4.69) is 12.2 Å². The van der Waals surface area contributed by atoms with Crippen LogP contribution in [0.2, 0.25) is 0 Å². The van der Waals surface area contributed by atoms with Crippen molar-refractivity contribution in [2.24, 2.45) is 11.3 Å². The molecule has 0 aromatic carbocycles. The summed E-state index contributed by atoms with van der Waals surface area (Å²) in [6, 6.07) is 1.64. The predicted octanol–water partition coefficient (Wildman–Crippen LogP) is 4.66. The first-order chi connectivity index (χ1) is 8.80. The highest BCUT2D eigenvalue weighted by atomic mass is 15.0. The number of hydrogen-bond acceptors (Lipinski definition) is 1. The second-order valence-corrected chi connectivity index (χ2v) is 7.37. The maximum absolute atomic E-state index is 4.05. The summed E-state index contributed by atoms with van der Waals surface area (Å²) in [5.41, 5.74) is 0.737. The third-order valence-corrected chi connectivity index (χ3v) is 6.34. The summed E-state index contributed by atoms with van der Waals surface area (Å²) >= 11 is 0. The van der Waals surface area contributed by atoms with Gasteiger partial charge >= 0.3 is 0 Å². The molecule has 3 saturated carbocycles. The summed E-state index contributed by atoms with van der Waals surface area (Å²) in [4.78, 5) is 0. The van der Waals surface area contributed by atoms with Crippen LogP contribution in [-0.2, 0) is 0 Å². The molecule has 1 unspecified atom stereocenters. The van der Waals surface area contributed by atoms with Gasteiger partial charge in [-0.15, -0.1) is 0 Å². The van der Waals surface area contributed by atoms with E-state index < -0.39 is 0 Å². The van der Waals surface area contributed by atoms with Crippen molar-refractivity contribution in [1.82, 2.24) is 5.32 Å². The van der Waals surface area contributed by atoms with Crippen molar-refractivity contribution in [1.29, 1.82) is 0 Å². The molecule has 104 valence electrons. The molecule has 1 nitrogen and oxygen atoms in total. The zero-order valence-corrected chi connectivity index (χ0v) is 12.2. The third-order valence-electron chi connectivity index (χ3n) is 6.34. The average Bonchev–Trinajstić information content (AvgIpc) is 2.45. The molecule has 0 aromatic heterocycles. The summed E-state index contributed by atoms with van der Waals surface area (Å²) in [6.45, 7) is 2.46. The van der Waals surface area contributed by atoms with Crippen molar-refractivity contribution in [3.8, 4) is 0 Å². The molecule has 1 N–H and O–H groups in total. The third kappa shape index (κ3) is 2.48. The summed E-state index contributed by atoms with van der Waals surface area (Å²) in [6.07, 6.45) is 17.9. The van der Waals surface area contributed by atoms with Gasteiger partial charge in [0.2, 0.25) is 0 Å². The summed E-state index contributed by atoms with van der Waals surface area (Å²) < 4.78 is 0. The second kappa shape index (κ2) is 5.53. The Balaban J connectivity index is 1.52. The minimum absolute atomic E-state index is 0.737. The zero-order valence-electron chi connectivity index (χ0n) is 12.2. The topological polar surface area (TPSA) is 12.0 Å². The normalized spacial score (nSPS) is 34.2. The van der Waals surface area contributed by atoms with Crippen molar-refractivity contribution in [3.63, 3.8) is 0 Å². The Bertz CT molecular complexity index is 261. The van der Waals surface area contributed by atoms with Gasteiger partial charge in [-0.3, -0.25) is 0 Å². The van der Waals surface area contributed by atoms with Gasteiger partial charge in [0, 0.05) is 12.1 Å². The van der Waals surface area contributed by atoms with Crippen molar-refractivity contribution in [3.05, 3.63) is 0 Å². The maximum atomic E-state index is 4.05. The first-order valence-electron chi connectivity index (χ1n) is 8.56. The van der Waals surface area contributed by atoms with Crippen LogP contribution in [0.1, 0.15) is 84.0 Å². The van der Waals surface area contributed by atoms with Gasteiger partial charge in [-0.05, 0) is 56.8 Å². The van der Waals surface area contributed by atoms with Crippen LogP contribution in [0.3, 0.4) is 0 Å².